The number of benzene rings is 1. The van der Waals surface area contributed by atoms with Crippen molar-refractivity contribution in [2.75, 3.05) is 19.7 Å². The first-order valence-corrected chi connectivity index (χ1v) is 8.48. The molecule has 0 bridgehead atoms. The summed E-state index contributed by atoms with van der Waals surface area (Å²) in [5, 5.41) is 2.84. The zero-order valence-corrected chi connectivity index (χ0v) is 14.3. The number of halogens is 2. The van der Waals surface area contributed by atoms with Gasteiger partial charge in [-0.3, -0.25) is 9.69 Å². The van der Waals surface area contributed by atoms with Gasteiger partial charge in [0.05, 0.1) is 18.3 Å². The molecule has 2 heterocycles. The third-order valence-corrected chi connectivity index (χ3v) is 5.04. The van der Waals surface area contributed by atoms with Gasteiger partial charge in [-0.25, -0.2) is 8.78 Å². The number of fused-ring (bicyclic) bond motifs is 1. The van der Waals surface area contributed by atoms with Crippen LogP contribution >= 0.6 is 0 Å². The topological polar surface area (TPSA) is 41.6 Å². The Kier molecular flexibility index (Phi) is 4.88. The number of morpholine rings is 1. The smallest absolute Gasteiger partial charge is 0.254 e. The fourth-order valence-corrected chi connectivity index (χ4v) is 3.49. The van der Waals surface area contributed by atoms with Gasteiger partial charge in [0, 0.05) is 25.2 Å². The average Bonchev–Trinajstić information content (AvgIpc) is 2.93. The number of hydrogen-bond donors (Lipinski definition) is 1. The largest absolute Gasteiger partial charge is 0.375 e. The van der Waals surface area contributed by atoms with Gasteiger partial charge in [0.15, 0.2) is 11.6 Å². The lowest BCUT2D eigenvalue weighted by Gasteiger charge is -2.36. The van der Waals surface area contributed by atoms with Gasteiger partial charge in [0.2, 0.25) is 0 Å². The van der Waals surface area contributed by atoms with Crippen molar-refractivity contribution in [3.63, 3.8) is 0 Å². The van der Waals surface area contributed by atoms with E-state index < -0.39 is 17.5 Å². The van der Waals surface area contributed by atoms with Gasteiger partial charge in [-0.05, 0) is 30.9 Å². The second-order valence-electron chi connectivity index (χ2n) is 7.19. The standard InChI is InChI=1S/C18H24F2N2O2/c1-10(2)15-8-22-7-12(6-13(22)9-24-15)21-18(23)14-5-4-11(3)16(19)17(14)20/h4-5,10,12-13,15H,6-9H2,1-3H3,(H,21,23)/t12-,13+,15-/m1/s1. The van der Waals surface area contributed by atoms with Crippen LogP contribution in [0.3, 0.4) is 0 Å². The summed E-state index contributed by atoms with van der Waals surface area (Å²) < 4.78 is 33.5. The highest BCUT2D eigenvalue weighted by Gasteiger charge is 2.38. The number of ether oxygens (including phenoxy) is 1. The number of nitrogens with one attached hydrogen (secondary N) is 1. The Labute approximate surface area is 141 Å². The van der Waals surface area contributed by atoms with Gasteiger partial charge in [-0.2, -0.15) is 0 Å². The summed E-state index contributed by atoms with van der Waals surface area (Å²) in [5.41, 5.74) is -0.0433. The maximum atomic E-state index is 14.0. The van der Waals surface area contributed by atoms with Crippen LogP contribution in [0.4, 0.5) is 8.78 Å². The fraction of sp³-hybridized carbons (Fsp3) is 0.611. The SMILES string of the molecule is Cc1ccc(C(=O)N[C@@H]2C[C@H]3CO[C@@H](C(C)C)CN3C2)c(F)c1F. The van der Waals surface area contributed by atoms with Crippen molar-refractivity contribution in [1.29, 1.82) is 0 Å². The van der Waals surface area contributed by atoms with E-state index in [2.05, 4.69) is 24.1 Å². The van der Waals surface area contributed by atoms with Gasteiger partial charge in [0.1, 0.15) is 0 Å². The molecule has 0 aliphatic carbocycles. The summed E-state index contributed by atoms with van der Waals surface area (Å²) >= 11 is 0. The number of hydrogen-bond acceptors (Lipinski definition) is 3. The maximum absolute atomic E-state index is 14.0. The minimum Gasteiger partial charge on any atom is -0.375 e. The Morgan fingerprint density at radius 3 is 2.75 bits per heavy atom. The Morgan fingerprint density at radius 1 is 1.29 bits per heavy atom. The molecule has 2 aliphatic rings. The van der Waals surface area contributed by atoms with E-state index in [-0.39, 0.29) is 29.3 Å². The molecule has 0 unspecified atom stereocenters. The van der Waals surface area contributed by atoms with E-state index in [0.717, 1.165) is 19.5 Å². The van der Waals surface area contributed by atoms with E-state index >= 15 is 0 Å². The molecule has 1 amide bonds. The van der Waals surface area contributed by atoms with Crippen LogP contribution in [0.5, 0.6) is 0 Å². The number of carbonyl (C=O) groups excluding carboxylic acids is 1. The van der Waals surface area contributed by atoms with Crippen molar-refractivity contribution in [2.24, 2.45) is 5.92 Å². The predicted molar refractivity (Wildman–Crippen MR) is 86.9 cm³/mol. The van der Waals surface area contributed by atoms with E-state index in [4.69, 9.17) is 4.74 Å². The maximum Gasteiger partial charge on any atom is 0.254 e. The molecule has 1 aromatic carbocycles. The van der Waals surface area contributed by atoms with Crippen LogP contribution in [0.15, 0.2) is 12.1 Å². The summed E-state index contributed by atoms with van der Waals surface area (Å²) in [6, 6.07) is 2.97. The molecular formula is C18H24F2N2O2. The van der Waals surface area contributed by atoms with Gasteiger partial charge in [-0.15, -0.1) is 0 Å². The highest BCUT2D eigenvalue weighted by molar-refractivity contribution is 5.94. The Morgan fingerprint density at radius 2 is 2.04 bits per heavy atom. The van der Waals surface area contributed by atoms with Gasteiger partial charge in [0.25, 0.3) is 5.91 Å². The fourth-order valence-electron chi connectivity index (χ4n) is 3.49. The average molecular weight is 338 g/mol. The van der Waals surface area contributed by atoms with Crippen LogP contribution in [-0.2, 0) is 4.74 Å². The molecule has 3 rings (SSSR count). The van der Waals surface area contributed by atoms with E-state index in [1.807, 2.05) is 0 Å². The van der Waals surface area contributed by atoms with Crippen LogP contribution in [0.1, 0.15) is 36.2 Å². The number of rotatable bonds is 3. The summed E-state index contributed by atoms with van der Waals surface area (Å²) in [6.07, 6.45) is 0.978. The van der Waals surface area contributed by atoms with E-state index in [9.17, 15) is 13.6 Å². The highest BCUT2D eigenvalue weighted by atomic mass is 19.2. The predicted octanol–water partition coefficient (Wildman–Crippen LogP) is 2.50. The molecule has 0 aromatic heterocycles. The second kappa shape index (κ2) is 6.76. The quantitative estimate of drug-likeness (QED) is 0.921. The molecule has 6 heteroatoms. The van der Waals surface area contributed by atoms with Gasteiger partial charge < -0.3 is 10.1 Å². The Bertz CT molecular complexity index is 636. The van der Waals surface area contributed by atoms with Crippen LogP contribution in [0, 0.1) is 24.5 Å². The van der Waals surface area contributed by atoms with Crippen molar-refractivity contribution in [3.8, 4) is 0 Å². The highest BCUT2D eigenvalue weighted by Crippen LogP contribution is 2.26. The van der Waals surface area contributed by atoms with E-state index in [1.54, 1.807) is 0 Å². The minimum absolute atomic E-state index is 0.0687. The van der Waals surface area contributed by atoms with Crippen molar-refractivity contribution in [1.82, 2.24) is 10.2 Å². The summed E-state index contributed by atoms with van der Waals surface area (Å²) in [4.78, 5) is 14.6. The molecule has 132 valence electrons. The summed E-state index contributed by atoms with van der Waals surface area (Å²) in [5.74, 6) is -2.15. The number of amides is 1. The zero-order valence-electron chi connectivity index (χ0n) is 14.3. The molecule has 3 atom stereocenters. The van der Waals surface area contributed by atoms with E-state index in [1.165, 1.54) is 19.1 Å². The molecule has 0 spiro atoms. The molecule has 1 aromatic rings. The van der Waals surface area contributed by atoms with Crippen molar-refractivity contribution < 1.29 is 18.3 Å². The Balaban J connectivity index is 1.64. The lowest BCUT2D eigenvalue weighted by molar-refractivity contribution is -0.0683. The third kappa shape index (κ3) is 3.30. The normalized spacial score (nSPS) is 27.3. The zero-order chi connectivity index (χ0) is 17.4. The molecule has 2 aliphatic heterocycles. The third-order valence-electron chi connectivity index (χ3n) is 5.04. The number of nitrogens with zero attached hydrogens (tertiary/aromatic N) is 1. The molecular weight excluding hydrogens is 314 g/mol. The van der Waals surface area contributed by atoms with E-state index in [0.29, 0.717) is 12.5 Å². The van der Waals surface area contributed by atoms with Gasteiger partial charge in [-0.1, -0.05) is 19.9 Å². The molecule has 1 N–H and O–H groups in total. The Hall–Kier alpha value is -1.53. The number of aryl methyl sites for hydroxylation is 1. The van der Waals surface area contributed by atoms with Crippen LogP contribution < -0.4 is 5.32 Å². The molecule has 4 nitrogen and oxygen atoms in total. The van der Waals surface area contributed by atoms with Crippen LogP contribution in [0.25, 0.3) is 0 Å². The molecule has 0 saturated carbocycles. The molecule has 24 heavy (non-hydrogen) atoms. The molecule has 2 fully saturated rings. The molecule has 2 saturated heterocycles. The first-order chi connectivity index (χ1) is 11.4. The first kappa shape index (κ1) is 17.3. The van der Waals surface area contributed by atoms with Gasteiger partial charge >= 0.3 is 0 Å². The lowest BCUT2D eigenvalue weighted by atomic mass is 10.0. The summed E-state index contributed by atoms with van der Waals surface area (Å²) in [7, 11) is 0. The number of carbonyl (C=O) groups is 1. The van der Waals surface area contributed by atoms with Crippen molar-refractivity contribution in [2.45, 2.75) is 45.4 Å². The van der Waals surface area contributed by atoms with Crippen LogP contribution in [-0.4, -0.2) is 48.7 Å². The first-order valence-electron chi connectivity index (χ1n) is 8.48. The minimum atomic E-state index is -1.08. The second-order valence-corrected chi connectivity index (χ2v) is 7.19. The molecule has 0 radical (unpaired) electrons. The van der Waals surface area contributed by atoms with Crippen molar-refractivity contribution in [3.05, 3.63) is 34.9 Å². The monoisotopic (exact) mass is 338 g/mol. The lowest BCUT2D eigenvalue weighted by Crippen LogP contribution is -2.48. The van der Waals surface area contributed by atoms with Crippen molar-refractivity contribution >= 4 is 5.91 Å². The van der Waals surface area contributed by atoms with Crippen LogP contribution in [0.2, 0.25) is 0 Å². The summed E-state index contributed by atoms with van der Waals surface area (Å²) in [6.45, 7) is 7.97.